The van der Waals surface area contributed by atoms with Gasteiger partial charge in [0.2, 0.25) is 0 Å². The van der Waals surface area contributed by atoms with Crippen LogP contribution in [0.3, 0.4) is 0 Å². The van der Waals surface area contributed by atoms with Crippen LogP contribution in [0.15, 0.2) is 103 Å². The number of rotatable bonds is 5. The molecule has 5 rings (SSSR count). The van der Waals surface area contributed by atoms with Crippen molar-refractivity contribution in [3.05, 3.63) is 103 Å². The molecule has 1 unspecified atom stereocenters. The highest BCUT2D eigenvalue weighted by molar-refractivity contribution is 7.27. The van der Waals surface area contributed by atoms with Gasteiger partial charge in [-0.15, -0.1) is 0 Å². The summed E-state index contributed by atoms with van der Waals surface area (Å²) >= 11 is 0. The van der Waals surface area contributed by atoms with Gasteiger partial charge in [-0.05, 0) is 45.8 Å². The first-order valence-corrected chi connectivity index (χ1v) is 10.5. The van der Waals surface area contributed by atoms with Gasteiger partial charge < -0.3 is 14.2 Å². The predicted octanol–water partition coefficient (Wildman–Crippen LogP) is 7.33. The molecule has 0 aromatic heterocycles. The van der Waals surface area contributed by atoms with Gasteiger partial charge in [0.05, 0.1) is 0 Å². The van der Waals surface area contributed by atoms with Crippen molar-refractivity contribution in [3.63, 3.8) is 0 Å². The number of para-hydroxylation sites is 1. The van der Waals surface area contributed by atoms with E-state index >= 15 is 0 Å². The lowest BCUT2D eigenvalue weighted by Gasteiger charge is -2.17. The number of phenolic OH excluding ortho intramolecular Hbond substituents is 1. The first-order valence-electron chi connectivity index (χ1n) is 9.68. The first-order chi connectivity index (χ1) is 14.8. The first kappa shape index (κ1) is 18.5. The summed E-state index contributed by atoms with van der Waals surface area (Å²) in [4.78, 5) is 0. The van der Waals surface area contributed by atoms with Crippen LogP contribution >= 0.6 is 9.03 Å². The van der Waals surface area contributed by atoms with E-state index < -0.39 is 0 Å². The molecule has 0 spiro atoms. The summed E-state index contributed by atoms with van der Waals surface area (Å²) in [6.07, 6.45) is 0. The van der Waals surface area contributed by atoms with Gasteiger partial charge in [0.1, 0.15) is 17.2 Å². The van der Waals surface area contributed by atoms with Crippen molar-refractivity contribution in [1.82, 2.24) is 0 Å². The Morgan fingerprint density at radius 2 is 1.13 bits per heavy atom. The highest BCUT2D eigenvalue weighted by atomic mass is 31.1. The van der Waals surface area contributed by atoms with Crippen LogP contribution in [-0.2, 0) is 0 Å². The summed E-state index contributed by atoms with van der Waals surface area (Å²) in [6, 6.07) is 33.4. The van der Waals surface area contributed by atoms with E-state index in [0.717, 1.165) is 38.4 Å². The molecule has 3 nitrogen and oxygen atoms in total. The van der Waals surface area contributed by atoms with Crippen molar-refractivity contribution in [1.29, 1.82) is 0 Å². The van der Waals surface area contributed by atoms with Crippen LogP contribution in [-0.4, -0.2) is 5.11 Å². The Balaban J connectivity index is 1.65. The minimum Gasteiger partial charge on any atom is -0.507 e. The smallest absolute Gasteiger partial charge is 0.275 e. The van der Waals surface area contributed by atoms with E-state index in [9.17, 15) is 5.11 Å². The van der Waals surface area contributed by atoms with Crippen LogP contribution in [0.2, 0.25) is 0 Å². The molecular formula is C26H19O3P. The van der Waals surface area contributed by atoms with Crippen molar-refractivity contribution in [3.8, 4) is 28.4 Å². The minimum absolute atomic E-state index is 0.208. The molecule has 5 aromatic carbocycles. The standard InChI is InChI=1S/C26H19O3P/c27-23-16-14-18-8-4-6-12-21(18)25(23)26-22-13-7-5-9-19(22)15-17-24(26)29-30-28-20-10-2-1-3-11-20/h1-17,27,30H. The van der Waals surface area contributed by atoms with E-state index in [-0.39, 0.29) is 14.8 Å². The van der Waals surface area contributed by atoms with Gasteiger partial charge in [0, 0.05) is 11.1 Å². The van der Waals surface area contributed by atoms with Gasteiger partial charge in [-0.25, -0.2) is 0 Å². The highest BCUT2D eigenvalue weighted by Gasteiger charge is 2.18. The maximum Gasteiger partial charge on any atom is 0.275 e. The van der Waals surface area contributed by atoms with Crippen LogP contribution < -0.4 is 9.05 Å². The molecule has 1 atom stereocenters. The van der Waals surface area contributed by atoms with E-state index in [4.69, 9.17) is 9.05 Å². The zero-order chi connectivity index (χ0) is 20.3. The molecule has 146 valence electrons. The SMILES string of the molecule is Oc1ccc2ccccc2c1-c1c(OPOc2ccccc2)ccc2ccccc12. The molecule has 0 fully saturated rings. The molecule has 0 bridgehead atoms. The highest BCUT2D eigenvalue weighted by Crippen LogP contribution is 2.46. The zero-order valence-corrected chi connectivity index (χ0v) is 17.1. The Kier molecular flexibility index (Phi) is 4.96. The number of hydrogen-bond acceptors (Lipinski definition) is 3. The molecule has 0 saturated carbocycles. The van der Waals surface area contributed by atoms with Crippen LogP contribution in [0.5, 0.6) is 17.2 Å². The quantitative estimate of drug-likeness (QED) is 0.308. The monoisotopic (exact) mass is 410 g/mol. The number of hydrogen-bond donors (Lipinski definition) is 1. The summed E-state index contributed by atoms with van der Waals surface area (Å²) in [5.41, 5.74) is 1.64. The average Bonchev–Trinajstić information content (AvgIpc) is 2.80. The fraction of sp³-hybridized carbons (Fsp3) is 0. The van der Waals surface area contributed by atoms with Gasteiger partial charge in [0.15, 0.2) is 0 Å². The van der Waals surface area contributed by atoms with Crippen molar-refractivity contribution in [2.75, 3.05) is 0 Å². The van der Waals surface area contributed by atoms with Crippen molar-refractivity contribution in [2.45, 2.75) is 0 Å². The molecule has 0 aliphatic rings. The van der Waals surface area contributed by atoms with Crippen LogP contribution in [0.25, 0.3) is 32.7 Å². The molecular weight excluding hydrogens is 391 g/mol. The van der Waals surface area contributed by atoms with Crippen molar-refractivity contribution in [2.24, 2.45) is 0 Å². The van der Waals surface area contributed by atoms with E-state index in [1.807, 2.05) is 84.9 Å². The van der Waals surface area contributed by atoms with E-state index in [2.05, 4.69) is 12.1 Å². The van der Waals surface area contributed by atoms with E-state index in [1.165, 1.54) is 0 Å². The lowest BCUT2D eigenvalue weighted by molar-refractivity contribution is 0.477. The summed E-state index contributed by atoms with van der Waals surface area (Å²) < 4.78 is 11.9. The summed E-state index contributed by atoms with van der Waals surface area (Å²) in [5.74, 6) is 1.66. The molecule has 0 saturated heterocycles. The second-order valence-corrected chi connectivity index (χ2v) is 7.52. The van der Waals surface area contributed by atoms with Gasteiger partial charge >= 0.3 is 0 Å². The molecule has 0 amide bonds. The fourth-order valence-electron chi connectivity index (χ4n) is 3.72. The van der Waals surface area contributed by atoms with Crippen LogP contribution in [0.1, 0.15) is 0 Å². The third kappa shape index (κ3) is 3.45. The van der Waals surface area contributed by atoms with Crippen LogP contribution in [0, 0.1) is 0 Å². The number of fused-ring (bicyclic) bond motifs is 2. The lowest BCUT2D eigenvalue weighted by atomic mass is 9.92. The van der Waals surface area contributed by atoms with Crippen molar-refractivity contribution >= 4 is 30.6 Å². The Morgan fingerprint density at radius 3 is 1.87 bits per heavy atom. The number of aromatic hydroxyl groups is 1. The van der Waals surface area contributed by atoms with E-state index in [0.29, 0.717) is 5.75 Å². The van der Waals surface area contributed by atoms with Crippen LogP contribution in [0.4, 0.5) is 0 Å². The maximum atomic E-state index is 10.9. The van der Waals surface area contributed by atoms with E-state index in [1.54, 1.807) is 6.07 Å². The topological polar surface area (TPSA) is 38.7 Å². The van der Waals surface area contributed by atoms with Gasteiger partial charge in [-0.3, -0.25) is 0 Å². The zero-order valence-electron chi connectivity index (χ0n) is 16.1. The number of benzene rings is 5. The second-order valence-electron chi connectivity index (χ2n) is 6.94. The second kappa shape index (κ2) is 8.06. The fourth-order valence-corrected chi connectivity index (χ4v) is 4.25. The minimum atomic E-state index is -0.208. The third-order valence-corrected chi connectivity index (χ3v) is 5.72. The maximum absolute atomic E-state index is 10.9. The third-order valence-electron chi connectivity index (χ3n) is 5.10. The predicted molar refractivity (Wildman–Crippen MR) is 125 cm³/mol. The lowest BCUT2D eigenvalue weighted by Crippen LogP contribution is -1.92. The normalized spacial score (nSPS) is 11.3. The Morgan fingerprint density at radius 1 is 0.533 bits per heavy atom. The molecule has 30 heavy (non-hydrogen) atoms. The Bertz CT molecular complexity index is 1330. The summed E-state index contributed by atoms with van der Waals surface area (Å²) in [7, 11) is -0.208. The molecule has 4 heteroatoms. The summed E-state index contributed by atoms with van der Waals surface area (Å²) in [5, 5.41) is 15.0. The Hall–Kier alpha value is -3.55. The molecule has 0 radical (unpaired) electrons. The number of phenols is 1. The van der Waals surface area contributed by atoms with Gasteiger partial charge in [-0.2, -0.15) is 0 Å². The largest absolute Gasteiger partial charge is 0.507 e. The Labute approximate surface area is 176 Å². The average molecular weight is 410 g/mol. The molecule has 5 aromatic rings. The molecule has 0 aliphatic heterocycles. The molecule has 1 N–H and O–H groups in total. The van der Waals surface area contributed by atoms with Gasteiger partial charge in [0.25, 0.3) is 9.03 Å². The molecule has 0 heterocycles. The van der Waals surface area contributed by atoms with Crippen molar-refractivity contribution < 1.29 is 14.2 Å². The summed E-state index contributed by atoms with van der Waals surface area (Å²) in [6.45, 7) is 0. The molecule has 0 aliphatic carbocycles. The van der Waals surface area contributed by atoms with Gasteiger partial charge in [-0.1, -0.05) is 78.9 Å².